The smallest absolute Gasteiger partial charge is 0.275 e. The Kier molecular flexibility index (Phi) is 4.59. The molecule has 2 aromatic rings. The number of aromatic hydroxyl groups is 2. The predicted molar refractivity (Wildman–Crippen MR) is 83.7 cm³/mol. The lowest BCUT2D eigenvalue weighted by molar-refractivity contribution is 0.0952. The van der Waals surface area contributed by atoms with Crippen LogP contribution in [0.5, 0.6) is 11.5 Å². The van der Waals surface area contributed by atoms with Gasteiger partial charge in [0.05, 0.1) is 11.8 Å². The third kappa shape index (κ3) is 3.61. The fraction of sp³-hybridized carbons (Fsp3) is 0.0667. The number of nitrogens with zero attached hydrogens (tertiary/aromatic N) is 1. The molecule has 1 amide bonds. The molecule has 0 heterocycles. The van der Waals surface area contributed by atoms with E-state index in [0.717, 1.165) is 4.47 Å². The number of phenols is 2. The van der Waals surface area contributed by atoms with Gasteiger partial charge in [0, 0.05) is 10.0 Å². The Morgan fingerprint density at radius 2 is 2.00 bits per heavy atom. The lowest BCUT2D eigenvalue weighted by Gasteiger charge is -2.04. The number of rotatable bonds is 3. The first-order valence-corrected chi connectivity index (χ1v) is 6.89. The van der Waals surface area contributed by atoms with Crippen LogP contribution in [-0.4, -0.2) is 22.3 Å². The molecule has 5 nitrogen and oxygen atoms in total. The first kappa shape index (κ1) is 15.1. The van der Waals surface area contributed by atoms with Gasteiger partial charge in [-0.1, -0.05) is 28.1 Å². The van der Waals surface area contributed by atoms with Crippen LogP contribution in [0.3, 0.4) is 0 Å². The normalized spacial score (nSPS) is 10.8. The molecule has 0 atom stereocenters. The number of carbonyl (C=O) groups excluding carboxylic acids is 1. The summed E-state index contributed by atoms with van der Waals surface area (Å²) in [6, 6.07) is 9.62. The fourth-order valence-electron chi connectivity index (χ4n) is 1.75. The Labute approximate surface area is 130 Å². The number of hydrogen-bond donors (Lipinski definition) is 3. The predicted octanol–water partition coefficient (Wildman–Crippen LogP) is 2.93. The van der Waals surface area contributed by atoms with Crippen LogP contribution in [-0.2, 0) is 0 Å². The number of aryl methyl sites for hydroxylation is 1. The Balaban J connectivity index is 2.13. The maximum atomic E-state index is 11.8. The average Bonchev–Trinajstić information content (AvgIpc) is 2.44. The monoisotopic (exact) mass is 348 g/mol. The summed E-state index contributed by atoms with van der Waals surface area (Å²) in [7, 11) is 0. The summed E-state index contributed by atoms with van der Waals surface area (Å²) in [6.45, 7) is 1.76. The van der Waals surface area contributed by atoms with Crippen molar-refractivity contribution in [3.63, 3.8) is 0 Å². The molecule has 0 fully saturated rings. The van der Waals surface area contributed by atoms with Gasteiger partial charge in [0.15, 0.2) is 0 Å². The second-order valence-corrected chi connectivity index (χ2v) is 5.29. The molecule has 0 saturated heterocycles. The Morgan fingerprint density at radius 1 is 1.29 bits per heavy atom. The topological polar surface area (TPSA) is 81.9 Å². The summed E-state index contributed by atoms with van der Waals surface area (Å²) in [6.07, 6.45) is 1.34. The number of hydrogen-bond acceptors (Lipinski definition) is 4. The molecule has 2 aromatic carbocycles. The van der Waals surface area contributed by atoms with Crippen molar-refractivity contribution >= 4 is 28.1 Å². The van der Waals surface area contributed by atoms with Crippen molar-refractivity contribution in [2.45, 2.75) is 6.92 Å². The molecule has 2 rings (SSSR count). The second kappa shape index (κ2) is 6.41. The summed E-state index contributed by atoms with van der Waals surface area (Å²) in [5, 5.41) is 23.2. The fourth-order valence-corrected chi connectivity index (χ4v) is 2.34. The highest BCUT2D eigenvalue weighted by molar-refractivity contribution is 9.10. The number of hydrazone groups is 1. The Bertz CT molecular complexity index is 714. The van der Waals surface area contributed by atoms with E-state index in [1.54, 1.807) is 31.2 Å². The number of halogens is 1. The number of phenolic OH excluding ortho intramolecular Hbond substituents is 2. The zero-order valence-electron chi connectivity index (χ0n) is 11.2. The molecule has 0 aliphatic heterocycles. The summed E-state index contributed by atoms with van der Waals surface area (Å²) >= 11 is 3.32. The van der Waals surface area contributed by atoms with Crippen molar-refractivity contribution in [2.24, 2.45) is 5.10 Å². The van der Waals surface area contributed by atoms with Crippen molar-refractivity contribution in [2.75, 3.05) is 0 Å². The number of carbonyl (C=O) groups is 1. The molecule has 0 aliphatic carbocycles. The zero-order valence-corrected chi connectivity index (χ0v) is 12.8. The van der Waals surface area contributed by atoms with E-state index in [1.165, 1.54) is 18.3 Å². The van der Waals surface area contributed by atoms with Crippen LogP contribution in [0.1, 0.15) is 21.5 Å². The van der Waals surface area contributed by atoms with Crippen LogP contribution < -0.4 is 5.43 Å². The number of nitrogens with one attached hydrogen (secondary N) is 1. The van der Waals surface area contributed by atoms with Crippen molar-refractivity contribution in [1.82, 2.24) is 5.43 Å². The molecular formula is C15H13BrN2O3. The number of amides is 1. The molecule has 0 aromatic heterocycles. The molecule has 0 saturated carbocycles. The molecule has 6 heteroatoms. The van der Waals surface area contributed by atoms with Crippen LogP contribution in [0.4, 0.5) is 0 Å². The molecule has 0 spiro atoms. The van der Waals surface area contributed by atoms with E-state index in [4.69, 9.17) is 0 Å². The van der Waals surface area contributed by atoms with Gasteiger partial charge < -0.3 is 10.2 Å². The Hall–Kier alpha value is -2.34. The van der Waals surface area contributed by atoms with Crippen LogP contribution >= 0.6 is 15.9 Å². The van der Waals surface area contributed by atoms with Gasteiger partial charge in [0.2, 0.25) is 0 Å². The minimum atomic E-state index is -0.532. The van der Waals surface area contributed by atoms with E-state index < -0.39 is 5.91 Å². The van der Waals surface area contributed by atoms with Gasteiger partial charge in [-0.05, 0) is 36.8 Å². The van der Waals surface area contributed by atoms with Gasteiger partial charge in [-0.15, -0.1) is 0 Å². The second-order valence-electron chi connectivity index (χ2n) is 4.38. The van der Waals surface area contributed by atoms with E-state index in [0.29, 0.717) is 11.1 Å². The molecular weight excluding hydrogens is 336 g/mol. The van der Waals surface area contributed by atoms with Crippen LogP contribution in [0, 0.1) is 6.92 Å². The first-order chi connectivity index (χ1) is 9.99. The van der Waals surface area contributed by atoms with Gasteiger partial charge in [-0.3, -0.25) is 4.79 Å². The number of para-hydroxylation sites is 1. The standard InChI is InChI=1S/C15H13BrN2O3/c1-9-6-11(16)7-10(14(9)20)8-17-18-15(21)12-4-2-3-5-13(12)19/h2-8,19-20H,1H3,(H,18,21)/b17-8+. The van der Waals surface area contributed by atoms with Gasteiger partial charge in [-0.25, -0.2) is 5.43 Å². The lowest BCUT2D eigenvalue weighted by Crippen LogP contribution is -2.17. The largest absolute Gasteiger partial charge is 0.507 e. The Morgan fingerprint density at radius 3 is 2.71 bits per heavy atom. The molecule has 0 bridgehead atoms. The summed E-state index contributed by atoms with van der Waals surface area (Å²) in [4.78, 5) is 11.8. The minimum absolute atomic E-state index is 0.0961. The van der Waals surface area contributed by atoms with E-state index in [1.807, 2.05) is 0 Å². The van der Waals surface area contributed by atoms with Crippen LogP contribution in [0.2, 0.25) is 0 Å². The van der Waals surface area contributed by atoms with Gasteiger partial charge in [0.1, 0.15) is 11.5 Å². The molecule has 0 unspecified atom stereocenters. The maximum Gasteiger partial charge on any atom is 0.275 e. The quantitative estimate of drug-likeness (QED) is 0.589. The van der Waals surface area contributed by atoms with Crippen molar-refractivity contribution in [3.8, 4) is 11.5 Å². The molecule has 0 aliphatic rings. The van der Waals surface area contributed by atoms with Crippen molar-refractivity contribution in [3.05, 3.63) is 57.6 Å². The number of benzene rings is 2. The summed E-state index contributed by atoms with van der Waals surface area (Å²) in [5.41, 5.74) is 3.59. The van der Waals surface area contributed by atoms with Crippen molar-refractivity contribution < 1.29 is 15.0 Å². The van der Waals surface area contributed by atoms with Crippen LogP contribution in [0.15, 0.2) is 46.0 Å². The molecule has 21 heavy (non-hydrogen) atoms. The molecule has 108 valence electrons. The average molecular weight is 349 g/mol. The van der Waals surface area contributed by atoms with E-state index in [9.17, 15) is 15.0 Å². The minimum Gasteiger partial charge on any atom is -0.507 e. The lowest BCUT2D eigenvalue weighted by atomic mass is 10.1. The molecule has 0 radical (unpaired) electrons. The van der Waals surface area contributed by atoms with Gasteiger partial charge in [0.25, 0.3) is 5.91 Å². The van der Waals surface area contributed by atoms with Gasteiger partial charge in [-0.2, -0.15) is 5.10 Å². The highest BCUT2D eigenvalue weighted by Gasteiger charge is 2.09. The summed E-state index contributed by atoms with van der Waals surface area (Å²) in [5.74, 6) is -0.555. The summed E-state index contributed by atoms with van der Waals surface area (Å²) < 4.78 is 0.797. The third-order valence-corrected chi connectivity index (χ3v) is 3.27. The SMILES string of the molecule is Cc1cc(Br)cc(/C=N/NC(=O)c2ccccc2O)c1O. The maximum absolute atomic E-state index is 11.8. The van der Waals surface area contributed by atoms with E-state index in [-0.39, 0.29) is 17.1 Å². The molecule has 3 N–H and O–H groups in total. The van der Waals surface area contributed by atoms with Gasteiger partial charge >= 0.3 is 0 Å². The van der Waals surface area contributed by atoms with Crippen LogP contribution in [0.25, 0.3) is 0 Å². The van der Waals surface area contributed by atoms with E-state index >= 15 is 0 Å². The first-order valence-electron chi connectivity index (χ1n) is 6.09. The zero-order chi connectivity index (χ0) is 15.4. The third-order valence-electron chi connectivity index (χ3n) is 2.81. The van der Waals surface area contributed by atoms with E-state index in [2.05, 4.69) is 26.5 Å². The highest BCUT2D eigenvalue weighted by Crippen LogP contribution is 2.25. The van der Waals surface area contributed by atoms with Crippen molar-refractivity contribution in [1.29, 1.82) is 0 Å². The highest BCUT2D eigenvalue weighted by atomic mass is 79.9.